The molecular formula is C26H31N5O2. The zero-order chi connectivity index (χ0) is 22.6. The van der Waals surface area contributed by atoms with E-state index in [1.54, 1.807) is 0 Å². The first-order valence-electron chi connectivity index (χ1n) is 11.9. The van der Waals surface area contributed by atoms with Crippen LogP contribution >= 0.6 is 0 Å². The van der Waals surface area contributed by atoms with E-state index < -0.39 is 0 Å². The highest BCUT2D eigenvalue weighted by molar-refractivity contribution is 5.92. The fourth-order valence-corrected chi connectivity index (χ4v) is 4.99. The van der Waals surface area contributed by atoms with Crippen LogP contribution in [0.3, 0.4) is 0 Å². The molecule has 7 nitrogen and oxygen atoms in total. The molecule has 3 aromatic rings. The quantitative estimate of drug-likeness (QED) is 0.596. The summed E-state index contributed by atoms with van der Waals surface area (Å²) in [6.07, 6.45) is 6.37. The molecule has 33 heavy (non-hydrogen) atoms. The summed E-state index contributed by atoms with van der Waals surface area (Å²) < 4.78 is 5.47. The van der Waals surface area contributed by atoms with Crippen molar-refractivity contribution in [2.45, 2.75) is 38.1 Å². The van der Waals surface area contributed by atoms with Gasteiger partial charge in [0.15, 0.2) is 0 Å². The number of hydrogen-bond acceptors (Lipinski definition) is 6. The van der Waals surface area contributed by atoms with E-state index in [0.717, 1.165) is 80.0 Å². The number of pyridine rings is 2. The third-order valence-electron chi connectivity index (χ3n) is 6.82. The van der Waals surface area contributed by atoms with Gasteiger partial charge < -0.3 is 20.7 Å². The molecule has 172 valence electrons. The Balaban J connectivity index is 1.37. The molecule has 0 atom stereocenters. The second-order valence-corrected chi connectivity index (χ2v) is 9.10. The smallest absolute Gasteiger partial charge is 0.217 e. The summed E-state index contributed by atoms with van der Waals surface area (Å²) >= 11 is 0. The number of anilines is 2. The van der Waals surface area contributed by atoms with Crippen LogP contribution in [-0.4, -0.2) is 48.2 Å². The Labute approximate surface area is 194 Å². The fraction of sp³-hybridized carbons (Fsp3) is 0.423. The number of aromatic nitrogens is 2. The Morgan fingerprint density at radius 2 is 1.85 bits per heavy atom. The van der Waals surface area contributed by atoms with Gasteiger partial charge in [-0.15, -0.1) is 0 Å². The molecule has 1 aliphatic heterocycles. The highest BCUT2D eigenvalue weighted by Crippen LogP contribution is 2.32. The molecule has 2 aromatic heterocycles. The van der Waals surface area contributed by atoms with Gasteiger partial charge in [0, 0.05) is 48.4 Å². The average molecular weight is 446 g/mol. The maximum atomic E-state index is 11.3. The van der Waals surface area contributed by atoms with Crippen molar-refractivity contribution in [3.05, 3.63) is 48.7 Å². The van der Waals surface area contributed by atoms with Gasteiger partial charge in [0.1, 0.15) is 5.82 Å². The number of ether oxygens (including phenoxy) is 1. The maximum Gasteiger partial charge on any atom is 0.217 e. The van der Waals surface area contributed by atoms with Gasteiger partial charge >= 0.3 is 0 Å². The molecule has 2 fully saturated rings. The molecule has 0 spiro atoms. The lowest BCUT2D eigenvalue weighted by atomic mass is 9.84. The molecule has 3 heterocycles. The topological polar surface area (TPSA) is 93.4 Å². The van der Waals surface area contributed by atoms with E-state index in [1.807, 2.05) is 12.3 Å². The largest absolute Gasteiger partial charge is 0.378 e. The first-order valence-corrected chi connectivity index (χ1v) is 11.9. The Hall–Kier alpha value is -3.19. The van der Waals surface area contributed by atoms with Gasteiger partial charge in [-0.1, -0.05) is 12.1 Å². The summed E-state index contributed by atoms with van der Waals surface area (Å²) in [5, 5.41) is 4.71. The second kappa shape index (κ2) is 9.75. The molecular weight excluding hydrogens is 414 g/mol. The summed E-state index contributed by atoms with van der Waals surface area (Å²) in [5.41, 5.74) is 9.53. The van der Waals surface area contributed by atoms with Crippen molar-refractivity contribution in [3.63, 3.8) is 0 Å². The van der Waals surface area contributed by atoms with Crippen LogP contribution in [0.5, 0.6) is 0 Å². The Morgan fingerprint density at radius 3 is 2.58 bits per heavy atom. The van der Waals surface area contributed by atoms with Crippen LogP contribution in [0.4, 0.5) is 11.5 Å². The molecule has 1 aliphatic carbocycles. The number of carbonyl (C=O) groups is 1. The number of carbonyl (C=O) groups excluding carboxylic acids is 1. The van der Waals surface area contributed by atoms with Crippen molar-refractivity contribution in [2.24, 2.45) is 11.7 Å². The summed E-state index contributed by atoms with van der Waals surface area (Å²) in [7, 11) is 0. The molecule has 3 N–H and O–H groups in total. The summed E-state index contributed by atoms with van der Waals surface area (Å²) in [6.45, 7) is 3.40. The number of nitrogens with two attached hydrogens (primary N) is 1. The van der Waals surface area contributed by atoms with Crippen molar-refractivity contribution in [3.8, 4) is 11.3 Å². The number of rotatable bonds is 6. The molecule has 1 saturated carbocycles. The Morgan fingerprint density at radius 1 is 1.09 bits per heavy atom. The van der Waals surface area contributed by atoms with E-state index in [0.29, 0.717) is 18.4 Å². The van der Waals surface area contributed by atoms with E-state index >= 15 is 0 Å². The van der Waals surface area contributed by atoms with Crippen LogP contribution in [0, 0.1) is 5.92 Å². The van der Waals surface area contributed by atoms with E-state index in [2.05, 4.69) is 51.6 Å². The lowest BCUT2D eigenvalue weighted by Crippen LogP contribution is -2.36. The first-order chi connectivity index (χ1) is 16.2. The molecule has 0 radical (unpaired) electrons. The molecule has 7 heteroatoms. The van der Waals surface area contributed by atoms with Crippen molar-refractivity contribution < 1.29 is 9.53 Å². The molecule has 0 bridgehead atoms. The predicted molar refractivity (Wildman–Crippen MR) is 131 cm³/mol. The first kappa shape index (κ1) is 21.6. The second-order valence-electron chi connectivity index (χ2n) is 9.10. The zero-order valence-electron chi connectivity index (χ0n) is 18.9. The average Bonchev–Trinajstić information content (AvgIpc) is 2.85. The van der Waals surface area contributed by atoms with Gasteiger partial charge in [-0.2, -0.15) is 0 Å². The highest BCUT2D eigenvalue weighted by atomic mass is 16.5. The van der Waals surface area contributed by atoms with Crippen molar-refractivity contribution in [2.75, 3.05) is 36.5 Å². The minimum absolute atomic E-state index is 0.197. The SMILES string of the molecule is NC(=O)CC1CCC(Nc2nc(-c3ccc(N4CCOCC4)cc3)cc3ncccc23)CC1. The van der Waals surface area contributed by atoms with Gasteiger partial charge in [0.05, 0.1) is 24.4 Å². The third kappa shape index (κ3) is 5.09. The number of primary amides is 1. The third-order valence-corrected chi connectivity index (χ3v) is 6.82. The molecule has 1 aromatic carbocycles. The maximum absolute atomic E-state index is 11.3. The number of fused-ring (bicyclic) bond motifs is 1. The van der Waals surface area contributed by atoms with E-state index in [1.165, 1.54) is 5.69 Å². The van der Waals surface area contributed by atoms with Crippen molar-refractivity contribution >= 4 is 28.3 Å². The number of morpholine rings is 1. The van der Waals surface area contributed by atoms with Crippen molar-refractivity contribution in [1.82, 2.24) is 9.97 Å². The van der Waals surface area contributed by atoms with E-state index in [4.69, 9.17) is 15.5 Å². The van der Waals surface area contributed by atoms with Gasteiger partial charge in [0.25, 0.3) is 0 Å². The number of amides is 1. The van der Waals surface area contributed by atoms with Gasteiger partial charge in [-0.05, 0) is 61.9 Å². The van der Waals surface area contributed by atoms with Gasteiger partial charge in [-0.25, -0.2) is 4.98 Å². The monoisotopic (exact) mass is 445 g/mol. The van der Waals surface area contributed by atoms with Crippen LogP contribution in [0.25, 0.3) is 22.2 Å². The molecule has 1 amide bonds. The summed E-state index contributed by atoms with van der Waals surface area (Å²) in [6, 6.07) is 15.0. The van der Waals surface area contributed by atoms with Crippen LogP contribution in [-0.2, 0) is 9.53 Å². The Kier molecular flexibility index (Phi) is 6.39. The standard InChI is InChI=1S/C26H31N5O2/c27-25(32)16-18-3-7-20(8-4-18)29-26-22-2-1-11-28-24(22)17-23(30-26)19-5-9-21(10-6-19)31-12-14-33-15-13-31/h1-2,5-6,9-11,17-18,20H,3-4,7-8,12-16H2,(H2,27,32)(H,29,30). The number of hydrogen-bond donors (Lipinski definition) is 2. The minimum atomic E-state index is -0.197. The Bertz CT molecular complexity index is 1100. The predicted octanol–water partition coefficient (Wildman–Crippen LogP) is 3.98. The molecule has 2 aliphatic rings. The summed E-state index contributed by atoms with van der Waals surface area (Å²) in [4.78, 5) is 23.2. The van der Waals surface area contributed by atoms with Gasteiger partial charge in [-0.3, -0.25) is 9.78 Å². The number of benzene rings is 1. The number of nitrogens with zero attached hydrogens (tertiary/aromatic N) is 3. The van der Waals surface area contributed by atoms with Crippen LogP contribution in [0.15, 0.2) is 48.7 Å². The van der Waals surface area contributed by atoms with Crippen LogP contribution in [0.1, 0.15) is 32.1 Å². The fourth-order valence-electron chi connectivity index (χ4n) is 4.99. The van der Waals surface area contributed by atoms with Crippen molar-refractivity contribution in [1.29, 1.82) is 0 Å². The van der Waals surface area contributed by atoms with Crippen LogP contribution < -0.4 is 16.0 Å². The zero-order valence-corrected chi connectivity index (χ0v) is 18.9. The van der Waals surface area contributed by atoms with Crippen LogP contribution in [0.2, 0.25) is 0 Å². The normalized spacial score (nSPS) is 21.2. The lowest BCUT2D eigenvalue weighted by Gasteiger charge is -2.29. The molecule has 5 rings (SSSR count). The summed E-state index contributed by atoms with van der Waals surface area (Å²) in [5.74, 6) is 1.09. The van der Waals surface area contributed by atoms with E-state index in [-0.39, 0.29) is 5.91 Å². The minimum Gasteiger partial charge on any atom is -0.378 e. The van der Waals surface area contributed by atoms with Gasteiger partial charge in [0.2, 0.25) is 5.91 Å². The van der Waals surface area contributed by atoms with E-state index in [9.17, 15) is 4.79 Å². The number of nitrogens with one attached hydrogen (secondary N) is 1. The lowest BCUT2D eigenvalue weighted by molar-refractivity contribution is -0.119. The highest BCUT2D eigenvalue weighted by Gasteiger charge is 2.23. The molecule has 1 saturated heterocycles. The molecule has 0 unspecified atom stereocenters.